The third kappa shape index (κ3) is 2.41. The SMILES string of the molecule is O=C(c1ccc2nc(N3C(=O)CCC3=O)sc2c1)N1CCCC1. The summed E-state index contributed by atoms with van der Waals surface area (Å²) in [5, 5.41) is 0.401. The van der Waals surface area contributed by atoms with Gasteiger partial charge in [0.05, 0.1) is 10.2 Å². The van der Waals surface area contributed by atoms with E-state index in [1.54, 1.807) is 12.1 Å². The molecule has 23 heavy (non-hydrogen) atoms. The molecule has 0 unspecified atom stereocenters. The van der Waals surface area contributed by atoms with Crippen LogP contribution >= 0.6 is 11.3 Å². The zero-order chi connectivity index (χ0) is 16.0. The molecule has 1 aromatic carbocycles. The lowest BCUT2D eigenvalue weighted by atomic mass is 10.2. The second-order valence-corrected chi connectivity index (χ2v) is 6.81. The van der Waals surface area contributed by atoms with Gasteiger partial charge in [-0.05, 0) is 31.0 Å². The molecule has 0 saturated carbocycles. The number of amides is 3. The first kappa shape index (κ1) is 14.3. The molecule has 0 spiro atoms. The number of likely N-dealkylation sites (tertiary alicyclic amines) is 1. The number of carbonyl (C=O) groups excluding carboxylic acids is 3. The van der Waals surface area contributed by atoms with Gasteiger partial charge in [0, 0.05) is 31.5 Å². The maximum atomic E-state index is 12.4. The Morgan fingerprint density at radius 2 is 1.78 bits per heavy atom. The molecule has 0 N–H and O–H groups in total. The van der Waals surface area contributed by atoms with Crippen molar-refractivity contribution in [3.63, 3.8) is 0 Å². The summed E-state index contributed by atoms with van der Waals surface area (Å²) in [6, 6.07) is 5.35. The molecule has 3 amide bonds. The fourth-order valence-electron chi connectivity index (χ4n) is 3.03. The maximum absolute atomic E-state index is 12.4. The van der Waals surface area contributed by atoms with E-state index in [1.165, 1.54) is 11.3 Å². The molecule has 3 heterocycles. The van der Waals surface area contributed by atoms with Crippen LogP contribution in [0.2, 0.25) is 0 Å². The number of rotatable bonds is 2. The average molecular weight is 329 g/mol. The molecule has 0 radical (unpaired) electrons. The Labute approximate surface area is 136 Å². The normalized spacial score (nSPS) is 18.4. The maximum Gasteiger partial charge on any atom is 0.253 e. The van der Waals surface area contributed by atoms with Crippen LogP contribution in [-0.4, -0.2) is 40.7 Å². The van der Waals surface area contributed by atoms with E-state index in [-0.39, 0.29) is 30.6 Å². The molecule has 2 fully saturated rings. The van der Waals surface area contributed by atoms with Crippen LogP contribution in [0.4, 0.5) is 5.13 Å². The highest BCUT2D eigenvalue weighted by Crippen LogP contribution is 2.32. The van der Waals surface area contributed by atoms with Crippen molar-refractivity contribution in [2.45, 2.75) is 25.7 Å². The molecule has 2 saturated heterocycles. The lowest BCUT2D eigenvalue weighted by molar-refractivity contribution is -0.121. The van der Waals surface area contributed by atoms with Crippen molar-refractivity contribution in [3.8, 4) is 0 Å². The minimum absolute atomic E-state index is 0.0349. The van der Waals surface area contributed by atoms with Crippen LogP contribution in [0.3, 0.4) is 0 Å². The Bertz CT molecular complexity index is 807. The van der Waals surface area contributed by atoms with Crippen molar-refractivity contribution >= 4 is 44.4 Å². The van der Waals surface area contributed by atoms with Crippen molar-refractivity contribution in [1.82, 2.24) is 9.88 Å². The number of imide groups is 1. The van der Waals surface area contributed by atoms with E-state index >= 15 is 0 Å². The smallest absolute Gasteiger partial charge is 0.253 e. The number of anilines is 1. The highest BCUT2D eigenvalue weighted by Gasteiger charge is 2.32. The predicted molar refractivity (Wildman–Crippen MR) is 86.5 cm³/mol. The van der Waals surface area contributed by atoms with Gasteiger partial charge in [0.25, 0.3) is 5.91 Å². The van der Waals surface area contributed by atoms with Crippen molar-refractivity contribution in [1.29, 1.82) is 0 Å². The predicted octanol–water partition coefficient (Wildman–Crippen LogP) is 2.19. The quantitative estimate of drug-likeness (QED) is 0.792. The van der Waals surface area contributed by atoms with E-state index < -0.39 is 0 Å². The molecule has 6 nitrogen and oxygen atoms in total. The average Bonchev–Trinajstić information content (AvgIpc) is 3.25. The summed E-state index contributed by atoms with van der Waals surface area (Å²) in [5.41, 5.74) is 1.34. The van der Waals surface area contributed by atoms with Gasteiger partial charge >= 0.3 is 0 Å². The van der Waals surface area contributed by atoms with Crippen molar-refractivity contribution in [3.05, 3.63) is 23.8 Å². The molecule has 2 aliphatic rings. The molecule has 2 aliphatic heterocycles. The summed E-state index contributed by atoms with van der Waals surface area (Å²) in [6.07, 6.45) is 2.59. The van der Waals surface area contributed by atoms with Gasteiger partial charge < -0.3 is 4.90 Å². The summed E-state index contributed by atoms with van der Waals surface area (Å²) in [4.78, 5) is 43.5. The molecular weight excluding hydrogens is 314 g/mol. The summed E-state index contributed by atoms with van der Waals surface area (Å²) < 4.78 is 0.817. The molecule has 0 atom stereocenters. The van der Waals surface area contributed by atoms with Crippen LogP contribution in [0.15, 0.2) is 18.2 Å². The highest BCUT2D eigenvalue weighted by atomic mass is 32.1. The highest BCUT2D eigenvalue weighted by molar-refractivity contribution is 7.22. The van der Waals surface area contributed by atoms with Gasteiger partial charge in [-0.2, -0.15) is 0 Å². The van der Waals surface area contributed by atoms with Gasteiger partial charge in [0.15, 0.2) is 5.13 Å². The van der Waals surface area contributed by atoms with E-state index in [0.717, 1.165) is 35.5 Å². The van der Waals surface area contributed by atoms with Crippen molar-refractivity contribution in [2.75, 3.05) is 18.0 Å². The van der Waals surface area contributed by atoms with Gasteiger partial charge in [0.1, 0.15) is 0 Å². The number of thiazole rings is 1. The topological polar surface area (TPSA) is 70.6 Å². The fourth-order valence-corrected chi connectivity index (χ4v) is 4.07. The van der Waals surface area contributed by atoms with Crippen LogP contribution in [0.5, 0.6) is 0 Å². The van der Waals surface area contributed by atoms with Crippen molar-refractivity contribution in [2.24, 2.45) is 0 Å². The first-order valence-electron chi connectivity index (χ1n) is 7.69. The Balaban J connectivity index is 1.68. The Hall–Kier alpha value is -2.28. The molecule has 4 rings (SSSR count). The Morgan fingerprint density at radius 3 is 2.48 bits per heavy atom. The van der Waals surface area contributed by atoms with Gasteiger partial charge in [0.2, 0.25) is 11.8 Å². The minimum Gasteiger partial charge on any atom is -0.339 e. The number of nitrogens with zero attached hydrogens (tertiary/aromatic N) is 3. The first-order valence-corrected chi connectivity index (χ1v) is 8.51. The third-order valence-electron chi connectivity index (χ3n) is 4.26. The van der Waals surface area contributed by atoms with Crippen LogP contribution in [0.1, 0.15) is 36.0 Å². The monoisotopic (exact) mass is 329 g/mol. The van der Waals surface area contributed by atoms with Crippen LogP contribution in [0.25, 0.3) is 10.2 Å². The van der Waals surface area contributed by atoms with E-state index in [0.29, 0.717) is 16.2 Å². The number of benzene rings is 1. The standard InChI is InChI=1S/C16H15N3O3S/c20-13-5-6-14(21)19(13)16-17-11-4-3-10(9-12(11)23-16)15(22)18-7-1-2-8-18/h3-4,9H,1-2,5-8H2. The second kappa shape index (κ2) is 5.42. The summed E-state index contributed by atoms with van der Waals surface area (Å²) in [7, 11) is 0. The summed E-state index contributed by atoms with van der Waals surface area (Å²) >= 11 is 1.28. The van der Waals surface area contributed by atoms with E-state index in [9.17, 15) is 14.4 Å². The molecular formula is C16H15N3O3S. The molecule has 0 aliphatic carbocycles. The number of aromatic nitrogens is 1. The van der Waals surface area contributed by atoms with Gasteiger partial charge in [-0.15, -0.1) is 0 Å². The van der Waals surface area contributed by atoms with Crippen molar-refractivity contribution < 1.29 is 14.4 Å². The van der Waals surface area contributed by atoms with Crippen LogP contribution in [-0.2, 0) is 9.59 Å². The molecule has 1 aromatic heterocycles. The van der Waals surface area contributed by atoms with Crippen LogP contribution in [0, 0.1) is 0 Å². The number of carbonyl (C=O) groups is 3. The van der Waals surface area contributed by atoms with Crippen LogP contribution < -0.4 is 4.90 Å². The first-order chi connectivity index (χ1) is 11.1. The Kier molecular flexibility index (Phi) is 3.37. The molecule has 7 heteroatoms. The van der Waals surface area contributed by atoms with E-state index in [1.807, 2.05) is 11.0 Å². The van der Waals surface area contributed by atoms with Gasteiger partial charge in [-0.3, -0.25) is 14.4 Å². The lowest BCUT2D eigenvalue weighted by Gasteiger charge is -2.14. The largest absolute Gasteiger partial charge is 0.339 e. The zero-order valence-electron chi connectivity index (χ0n) is 12.4. The molecule has 2 aromatic rings. The van der Waals surface area contributed by atoms with E-state index in [4.69, 9.17) is 0 Å². The number of hydrogen-bond acceptors (Lipinski definition) is 5. The second-order valence-electron chi connectivity index (χ2n) is 5.80. The zero-order valence-corrected chi connectivity index (χ0v) is 13.3. The summed E-state index contributed by atoms with van der Waals surface area (Å²) in [5.74, 6) is -0.377. The molecule has 118 valence electrons. The minimum atomic E-state index is -0.206. The van der Waals surface area contributed by atoms with Gasteiger partial charge in [-0.1, -0.05) is 11.3 Å². The van der Waals surface area contributed by atoms with E-state index in [2.05, 4.69) is 4.98 Å². The Morgan fingerprint density at radius 1 is 1.09 bits per heavy atom. The van der Waals surface area contributed by atoms with Gasteiger partial charge in [-0.25, -0.2) is 9.88 Å². The summed E-state index contributed by atoms with van der Waals surface area (Å²) in [6.45, 7) is 1.61. The number of fused-ring (bicyclic) bond motifs is 1. The number of hydrogen-bond donors (Lipinski definition) is 0. The third-order valence-corrected chi connectivity index (χ3v) is 5.26. The fraction of sp³-hybridized carbons (Fsp3) is 0.375. The lowest BCUT2D eigenvalue weighted by Crippen LogP contribution is -2.28. The molecule has 0 bridgehead atoms.